The van der Waals surface area contributed by atoms with E-state index in [1.165, 1.54) is 31.2 Å². The zero-order valence-electron chi connectivity index (χ0n) is 11.1. The molecule has 4 nitrogen and oxygen atoms in total. The maximum atomic E-state index is 12.8. The van der Waals surface area contributed by atoms with Gasteiger partial charge >= 0.3 is 12.3 Å². The van der Waals surface area contributed by atoms with E-state index in [2.05, 4.69) is 0 Å². The number of alkyl halides is 4. The van der Waals surface area contributed by atoms with Crippen LogP contribution >= 0.6 is 0 Å². The van der Waals surface area contributed by atoms with Crippen LogP contribution in [0, 0.1) is 0 Å². The van der Waals surface area contributed by atoms with Crippen LogP contribution in [-0.4, -0.2) is 32.9 Å². The lowest BCUT2D eigenvalue weighted by Gasteiger charge is -2.19. The van der Waals surface area contributed by atoms with Gasteiger partial charge in [0.1, 0.15) is 0 Å². The van der Waals surface area contributed by atoms with Gasteiger partial charge in [0.05, 0.1) is 10.9 Å². The molecule has 21 heavy (non-hydrogen) atoms. The smallest absolute Gasteiger partial charge is 0.344 e. The fourth-order valence-corrected chi connectivity index (χ4v) is 2.11. The van der Waals surface area contributed by atoms with Gasteiger partial charge in [-0.25, -0.2) is 17.2 Å². The summed E-state index contributed by atoms with van der Waals surface area (Å²) >= 11 is 0. The van der Waals surface area contributed by atoms with Crippen LogP contribution in [0.4, 0.5) is 17.6 Å². The Balaban J connectivity index is 2.86. The molecule has 1 N–H and O–H groups in total. The minimum Gasteiger partial charge on any atom is -0.344 e. The highest BCUT2D eigenvalue weighted by molar-refractivity contribution is 7.90. The number of nitrogens with one attached hydrogen (secondary N) is 1. The van der Waals surface area contributed by atoms with Crippen molar-refractivity contribution in [1.82, 2.24) is 5.32 Å². The molecule has 1 amide bonds. The van der Waals surface area contributed by atoms with Crippen molar-refractivity contribution < 1.29 is 30.8 Å². The maximum Gasteiger partial charge on any atom is 0.383 e. The van der Waals surface area contributed by atoms with E-state index in [0.29, 0.717) is 5.56 Å². The summed E-state index contributed by atoms with van der Waals surface area (Å²) < 4.78 is 72.1. The third-order valence-electron chi connectivity index (χ3n) is 2.73. The molecule has 0 saturated carbocycles. The predicted octanol–water partition coefficient (Wildman–Crippen LogP) is 2.17. The van der Waals surface area contributed by atoms with E-state index in [9.17, 15) is 30.8 Å². The number of halogens is 4. The number of hydrogen-bond acceptors (Lipinski definition) is 3. The number of benzene rings is 1. The molecule has 0 radical (unpaired) electrons. The van der Waals surface area contributed by atoms with Crippen LogP contribution < -0.4 is 5.32 Å². The molecule has 9 heteroatoms. The van der Waals surface area contributed by atoms with E-state index in [1.807, 2.05) is 0 Å². The fraction of sp³-hybridized carbons (Fsp3) is 0.417. The first-order valence-corrected chi connectivity index (χ1v) is 7.62. The topological polar surface area (TPSA) is 63.2 Å². The monoisotopic (exact) mass is 327 g/mol. The van der Waals surface area contributed by atoms with Gasteiger partial charge in [-0.1, -0.05) is 12.1 Å². The molecule has 0 spiro atoms. The molecule has 0 saturated heterocycles. The first kappa shape index (κ1) is 17.4. The Bertz CT molecular complexity index is 614. The van der Waals surface area contributed by atoms with Gasteiger partial charge in [0.15, 0.2) is 9.84 Å². The second kappa shape index (κ2) is 6.00. The van der Waals surface area contributed by atoms with E-state index in [0.717, 1.165) is 6.26 Å². The minimum atomic E-state index is -4.78. The summed E-state index contributed by atoms with van der Waals surface area (Å²) in [5.41, 5.74) is 0.306. The third-order valence-corrected chi connectivity index (χ3v) is 3.86. The molecule has 0 aliphatic rings. The van der Waals surface area contributed by atoms with Gasteiger partial charge in [-0.3, -0.25) is 4.79 Å². The fourth-order valence-electron chi connectivity index (χ4n) is 1.48. The van der Waals surface area contributed by atoms with Crippen LogP contribution in [0.25, 0.3) is 0 Å². The first-order chi connectivity index (χ1) is 9.46. The zero-order chi connectivity index (χ0) is 16.4. The summed E-state index contributed by atoms with van der Waals surface area (Å²) in [4.78, 5) is 11.1. The summed E-state index contributed by atoms with van der Waals surface area (Å²) in [6.45, 7) is 1.31. The number of carbonyl (C=O) groups is 1. The molecular weight excluding hydrogens is 314 g/mol. The van der Waals surface area contributed by atoms with Crippen LogP contribution in [-0.2, 0) is 14.6 Å². The van der Waals surface area contributed by atoms with Crippen LogP contribution in [0.5, 0.6) is 0 Å². The molecule has 1 unspecified atom stereocenters. The lowest BCUT2D eigenvalue weighted by Crippen LogP contribution is -2.45. The second-order valence-corrected chi connectivity index (χ2v) is 6.48. The van der Waals surface area contributed by atoms with Crippen LogP contribution in [0.2, 0.25) is 0 Å². The minimum absolute atomic E-state index is 0.0164. The number of sulfone groups is 1. The largest absolute Gasteiger partial charge is 0.383 e. The van der Waals surface area contributed by atoms with Crippen molar-refractivity contribution >= 4 is 15.7 Å². The van der Waals surface area contributed by atoms with Crippen LogP contribution in [0.3, 0.4) is 0 Å². The molecule has 0 aliphatic heterocycles. The number of carbonyl (C=O) groups excluding carboxylic acids is 1. The van der Waals surface area contributed by atoms with Crippen molar-refractivity contribution in [2.45, 2.75) is 30.2 Å². The number of rotatable bonds is 5. The molecule has 0 heterocycles. The van der Waals surface area contributed by atoms with Gasteiger partial charge in [-0.2, -0.15) is 8.78 Å². The standard InChI is InChI=1S/C12H13F4NO3S/c1-7(17-11(18)12(15,16)10(13)14)8-3-5-9(6-4-8)21(2,19)20/h3-7,10H,1-2H3,(H,17,18). The Morgan fingerprint density at radius 2 is 1.67 bits per heavy atom. The van der Waals surface area contributed by atoms with E-state index in [-0.39, 0.29) is 4.90 Å². The van der Waals surface area contributed by atoms with E-state index >= 15 is 0 Å². The molecule has 1 atom stereocenters. The first-order valence-electron chi connectivity index (χ1n) is 5.73. The Morgan fingerprint density at radius 1 is 1.19 bits per heavy atom. The quantitative estimate of drug-likeness (QED) is 0.843. The Hall–Kier alpha value is -1.64. The normalized spacial score (nSPS) is 14.0. The molecule has 0 aromatic heterocycles. The van der Waals surface area contributed by atoms with E-state index < -0.39 is 34.1 Å². The average Bonchev–Trinajstić information content (AvgIpc) is 2.37. The Labute approximate surface area is 119 Å². The highest BCUT2D eigenvalue weighted by Gasteiger charge is 2.49. The van der Waals surface area contributed by atoms with Crippen LogP contribution in [0.1, 0.15) is 18.5 Å². The predicted molar refractivity (Wildman–Crippen MR) is 67.1 cm³/mol. The molecule has 0 fully saturated rings. The number of amides is 1. The summed E-state index contributed by atoms with van der Waals surface area (Å²) in [5.74, 6) is -6.86. The molecule has 118 valence electrons. The highest BCUT2D eigenvalue weighted by Crippen LogP contribution is 2.24. The molecular formula is C12H13F4NO3S. The summed E-state index contributed by atoms with van der Waals surface area (Å²) in [5, 5.41) is 1.76. The van der Waals surface area contributed by atoms with Crippen molar-refractivity contribution in [3.63, 3.8) is 0 Å². The van der Waals surface area contributed by atoms with Gasteiger partial charge in [0.25, 0.3) is 5.91 Å². The Morgan fingerprint density at radius 3 is 2.05 bits per heavy atom. The lowest BCUT2D eigenvalue weighted by atomic mass is 10.1. The molecule has 1 aromatic rings. The second-order valence-electron chi connectivity index (χ2n) is 4.46. The van der Waals surface area contributed by atoms with E-state index in [1.54, 1.807) is 5.32 Å². The molecule has 0 bridgehead atoms. The molecule has 0 aliphatic carbocycles. The Kier molecular flexibility index (Phi) is 4.98. The highest BCUT2D eigenvalue weighted by atomic mass is 32.2. The lowest BCUT2D eigenvalue weighted by molar-refractivity contribution is -0.170. The van der Waals surface area contributed by atoms with Crippen molar-refractivity contribution in [3.8, 4) is 0 Å². The van der Waals surface area contributed by atoms with Gasteiger partial charge in [-0.05, 0) is 24.6 Å². The average molecular weight is 327 g/mol. The van der Waals surface area contributed by atoms with Gasteiger partial charge in [0.2, 0.25) is 0 Å². The SMILES string of the molecule is CC(NC(=O)C(F)(F)C(F)F)c1ccc(S(C)(=O)=O)cc1. The summed E-state index contributed by atoms with van der Waals surface area (Å²) in [7, 11) is -3.41. The number of hydrogen-bond donors (Lipinski definition) is 1. The van der Waals surface area contributed by atoms with Crippen LogP contribution in [0.15, 0.2) is 29.2 Å². The maximum absolute atomic E-state index is 12.8. The van der Waals surface area contributed by atoms with Crippen molar-refractivity contribution in [2.24, 2.45) is 0 Å². The van der Waals surface area contributed by atoms with Crippen molar-refractivity contribution in [1.29, 1.82) is 0 Å². The van der Waals surface area contributed by atoms with E-state index in [4.69, 9.17) is 0 Å². The molecule has 1 aromatic carbocycles. The van der Waals surface area contributed by atoms with Gasteiger partial charge in [-0.15, -0.1) is 0 Å². The van der Waals surface area contributed by atoms with Crippen molar-refractivity contribution in [3.05, 3.63) is 29.8 Å². The summed E-state index contributed by atoms with van der Waals surface area (Å²) in [6, 6.07) is 4.11. The van der Waals surface area contributed by atoms with Gasteiger partial charge < -0.3 is 5.32 Å². The third kappa shape index (κ3) is 4.16. The summed E-state index contributed by atoms with van der Waals surface area (Å²) in [6.07, 6.45) is -3.10. The zero-order valence-corrected chi connectivity index (χ0v) is 11.9. The van der Waals surface area contributed by atoms with Gasteiger partial charge in [0, 0.05) is 6.26 Å². The molecule has 1 rings (SSSR count). The van der Waals surface area contributed by atoms with Crippen molar-refractivity contribution in [2.75, 3.05) is 6.26 Å².